The maximum Gasteiger partial charge on any atom is 0.250 e. The molecule has 8 heteroatoms. The van der Waals surface area contributed by atoms with Gasteiger partial charge in [-0.05, 0) is 66.1 Å². The molecule has 0 aromatic heterocycles. The van der Waals surface area contributed by atoms with Gasteiger partial charge in [-0.1, -0.05) is 53.7 Å². The van der Waals surface area contributed by atoms with E-state index in [-0.39, 0.29) is 16.9 Å². The molecule has 0 unspecified atom stereocenters. The highest BCUT2D eigenvalue weighted by Gasteiger charge is 2.43. The van der Waals surface area contributed by atoms with Crippen LogP contribution in [0, 0.1) is 0 Å². The Balaban J connectivity index is 2.17. The van der Waals surface area contributed by atoms with Crippen LogP contribution in [0.2, 0.25) is 36.3 Å². The first-order valence-corrected chi connectivity index (χ1v) is 18.6. The normalized spacial score (nSPS) is 14.2. The maximum atomic E-state index is 6.97. The Hall–Kier alpha value is -2.59. The van der Waals surface area contributed by atoms with Gasteiger partial charge in [-0.15, -0.1) is 0 Å². The van der Waals surface area contributed by atoms with Gasteiger partial charge < -0.3 is 27.8 Å². The molecular formula is C29H44O6Si2. The fraction of sp³-hybridized carbons (Fsp3) is 0.517. The van der Waals surface area contributed by atoms with Gasteiger partial charge in [0.25, 0.3) is 16.6 Å². The van der Waals surface area contributed by atoms with E-state index in [0.717, 1.165) is 16.9 Å². The van der Waals surface area contributed by atoms with Crippen molar-refractivity contribution in [1.29, 1.82) is 0 Å². The average molecular weight is 545 g/mol. The largest absolute Gasteiger partial charge is 0.541 e. The van der Waals surface area contributed by atoms with Crippen molar-refractivity contribution in [2.24, 2.45) is 0 Å². The topological polar surface area (TPSA) is 55.4 Å². The van der Waals surface area contributed by atoms with Crippen LogP contribution in [0.1, 0.15) is 52.7 Å². The molecule has 1 aliphatic heterocycles. The van der Waals surface area contributed by atoms with Gasteiger partial charge in [0.1, 0.15) is 0 Å². The van der Waals surface area contributed by atoms with Crippen LogP contribution in [0.3, 0.4) is 0 Å². The van der Waals surface area contributed by atoms with Crippen molar-refractivity contribution in [3.63, 3.8) is 0 Å². The van der Waals surface area contributed by atoms with Crippen molar-refractivity contribution in [2.45, 2.75) is 77.8 Å². The summed E-state index contributed by atoms with van der Waals surface area (Å²) < 4.78 is 36.3. The van der Waals surface area contributed by atoms with Gasteiger partial charge in [0.05, 0.1) is 14.2 Å². The molecular weight excluding hydrogens is 500 g/mol. The monoisotopic (exact) mass is 544 g/mol. The number of hydrogen-bond acceptors (Lipinski definition) is 6. The van der Waals surface area contributed by atoms with Gasteiger partial charge in [-0.3, -0.25) is 0 Å². The number of hydrogen-bond donors (Lipinski definition) is 0. The Morgan fingerprint density at radius 3 is 1.84 bits per heavy atom. The molecule has 0 atom stereocenters. The molecule has 0 fully saturated rings. The summed E-state index contributed by atoms with van der Waals surface area (Å²) in [5.41, 5.74) is 1.86. The third-order valence-electron chi connectivity index (χ3n) is 7.79. The molecule has 37 heavy (non-hydrogen) atoms. The zero-order valence-corrected chi connectivity index (χ0v) is 26.6. The first-order valence-electron chi connectivity index (χ1n) is 12.8. The van der Waals surface area contributed by atoms with E-state index < -0.39 is 16.6 Å². The van der Waals surface area contributed by atoms with Crippen LogP contribution in [-0.2, 0) is 0 Å². The molecule has 3 rings (SSSR count). The van der Waals surface area contributed by atoms with Crippen molar-refractivity contribution in [3.05, 3.63) is 35.4 Å². The van der Waals surface area contributed by atoms with Gasteiger partial charge in [0.2, 0.25) is 12.5 Å². The minimum atomic E-state index is -2.21. The van der Waals surface area contributed by atoms with Crippen LogP contribution in [-0.4, -0.2) is 37.6 Å². The molecule has 0 amide bonds. The summed E-state index contributed by atoms with van der Waals surface area (Å²) in [6, 6.07) is 7.88. The summed E-state index contributed by atoms with van der Waals surface area (Å²) in [7, 11) is -1.10. The molecule has 2 aromatic rings. The van der Waals surface area contributed by atoms with E-state index in [1.165, 1.54) is 0 Å². The smallest absolute Gasteiger partial charge is 0.250 e. The Morgan fingerprint density at radius 1 is 0.730 bits per heavy atom. The predicted molar refractivity (Wildman–Crippen MR) is 157 cm³/mol. The van der Waals surface area contributed by atoms with Crippen LogP contribution in [0.4, 0.5) is 0 Å². The zero-order chi connectivity index (χ0) is 27.8. The lowest BCUT2D eigenvalue weighted by molar-refractivity contribution is 0.171. The van der Waals surface area contributed by atoms with Crippen LogP contribution in [0.5, 0.6) is 34.5 Å². The first kappa shape index (κ1) is 29.0. The standard InChI is InChI=1S/C29H44O6Si2/c1-28(2,3)36(9,10)34-25-21(14-13-20-17-23(31-8)26-24(18-20)32-19-33-26)15-16-22(30-7)27(25)35-37(11,12)29(4,5)6/h13-18H,19H2,1-12H3/b14-13-. The van der Waals surface area contributed by atoms with Crippen LogP contribution >= 0.6 is 0 Å². The quantitative estimate of drug-likeness (QED) is 0.246. The van der Waals surface area contributed by atoms with Crippen LogP contribution < -0.4 is 27.8 Å². The summed E-state index contributed by atoms with van der Waals surface area (Å²) in [4.78, 5) is 0. The van der Waals surface area contributed by atoms with E-state index in [0.29, 0.717) is 28.7 Å². The minimum absolute atomic E-state index is 0.00991. The van der Waals surface area contributed by atoms with E-state index in [1.807, 2.05) is 30.3 Å². The Morgan fingerprint density at radius 2 is 1.30 bits per heavy atom. The lowest BCUT2D eigenvalue weighted by Gasteiger charge is -2.40. The summed E-state index contributed by atoms with van der Waals surface area (Å²) in [5.74, 6) is 4.05. The van der Waals surface area contributed by atoms with Gasteiger partial charge in [0.15, 0.2) is 28.7 Å². The summed E-state index contributed by atoms with van der Waals surface area (Å²) >= 11 is 0. The molecule has 0 saturated heterocycles. The third kappa shape index (κ3) is 6.12. The number of rotatable bonds is 8. The second kappa shape index (κ2) is 10.3. The average Bonchev–Trinajstić information content (AvgIpc) is 3.25. The molecule has 0 spiro atoms. The number of fused-ring (bicyclic) bond motifs is 1. The first-order chi connectivity index (χ1) is 17.0. The Kier molecular flexibility index (Phi) is 8.06. The van der Waals surface area contributed by atoms with E-state index >= 15 is 0 Å². The second-order valence-corrected chi connectivity index (χ2v) is 22.0. The van der Waals surface area contributed by atoms with Crippen LogP contribution in [0.15, 0.2) is 24.3 Å². The van der Waals surface area contributed by atoms with Crippen molar-refractivity contribution in [3.8, 4) is 34.5 Å². The number of ether oxygens (including phenoxy) is 4. The van der Waals surface area contributed by atoms with E-state index in [4.69, 9.17) is 27.8 Å². The molecule has 0 aliphatic carbocycles. The lowest BCUT2D eigenvalue weighted by atomic mass is 10.1. The van der Waals surface area contributed by atoms with Gasteiger partial charge >= 0.3 is 0 Å². The van der Waals surface area contributed by atoms with E-state index in [1.54, 1.807) is 14.2 Å². The minimum Gasteiger partial charge on any atom is -0.541 e. The number of benzene rings is 2. The molecule has 1 aliphatic rings. The Bertz CT molecular complexity index is 1160. The second-order valence-electron chi connectivity index (χ2n) is 12.5. The van der Waals surface area contributed by atoms with E-state index in [2.05, 4.69) is 73.8 Å². The molecule has 1 heterocycles. The molecule has 0 bridgehead atoms. The summed E-state index contributed by atoms with van der Waals surface area (Å²) in [5, 5.41) is 0.0249. The fourth-order valence-corrected chi connectivity index (χ4v) is 5.34. The van der Waals surface area contributed by atoms with Crippen LogP contribution in [0.25, 0.3) is 12.2 Å². The molecule has 6 nitrogen and oxygen atoms in total. The SMILES string of the molecule is COc1cc(/C=C\c2ccc(OC)c(O[Si](C)(C)C(C)(C)C)c2O[Si](C)(C)C(C)(C)C)cc2c1OCO2. The highest BCUT2D eigenvalue weighted by molar-refractivity contribution is 6.75. The van der Waals surface area contributed by atoms with Crippen molar-refractivity contribution < 1.29 is 27.8 Å². The predicted octanol–water partition coefficient (Wildman–Crippen LogP) is 8.37. The van der Waals surface area contributed by atoms with E-state index in [9.17, 15) is 0 Å². The zero-order valence-electron chi connectivity index (χ0n) is 24.6. The van der Waals surface area contributed by atoms with Gasteiger partial charge in [0, 0.05) is 5.56 Å². The van der Waals surface area contributed by atoms with Crippen molar-refractivity contribution >= 4 is 28.8 Å². The Labute approximate surface area is 225 Å². The molecule has 204 valence electrons. The van der Waals surface area contributed by atoms with Gasteiger partial charge in [-0.25, -0.2) is 0 Å². The molecule has 0 saturated carbocycles. The lowest BCUT2D eigenvalue weighted by Crippen LogP contribution is -2.46. The highest BCUT2D eigenvalue weighted by Crippen LogP contribution is 2.49. The third-order valence-corrected chi connectivity index (χ3v) is 16.4. The summed E-state index contributed by atoms with van der Waals surface area (Å²) in [6.07, 6.45) is 4.08. The van der Waals surface area contributed by atoms with Crippen molar-refractivity contribution in [1.82, 2.24) is 0 Å². The molecule has 0 N–H and O–H groups in total. The fourth-order valence-electron chi connectivity index (χ4n) is 3.30. The number of methoxy groups -OCH3 is 2. The van der Waals surface area contributed by atoms with Crippen molar-refractivity contribution in [2.75, 3.05) is 21.0 Å². The molecule has 0 radical (unpaired) electrons. The highest BCUT2D eigenvalue weighted by atomic mass is 28.4. The van der Waals surface area contributed by atoms with Gasteiger partial charge in [-0.2, -0.15) is 0 Å². The summed E-state index contributed by atoms with van der Waals surface area (Å²) in [6.45, 7) is 22.6. The maximum absolute atomic E-state index is 6.97. The molecule has 2 aromatic carbocycles.